The first-order valence-corrected chi connectivity index (χ1v) is 21.8. The standard InChI is InChI=1S/C48H77NO6/c1-5-7-9-11-13-15-17-19-21-23-25-27-29-31-33-35-47(51)54-44-39-43(42-53-46(50)37-38-49(3)4)40-45(41-44)55-48(52)36-34-32-30-28-26-24-22-20-18-16-14-12-10-8-6-2/h13-16,19-22,39-41H,5-12,17-18,23-38,42H2,1-4H3. The lowest BCUT2D eigenvalue weighted by molar-refractivity contribution is -0.145. The van der Waals surface area contributed by atoms with Gasteiger partial charge >= 0.3 is 17.9 Å². The third-order valence-corrected chi connectivity index (χ3v) is 9.23. The van der Waals surface area contributed by atoms with Crippen molar-refractivity contribution in [1.29, 1.82) is 0 Å². The zero-order valence-electron chi connectivity index (χ0n) is 35.3. The van der Waals surface area contributed by atoms with Gasteiger partial charge < -0.3 is 19.1 Å². The molecule has 0 aliphatic rings. The summed E-state index contributed by atoms with van der Waals surface area (Å²) < 4.78 is 16.8. The quantitative estimate of drug-likeness (QED) is 0.0295. The molecule has 1 aromatic rings. The predicted molar refractivity (Wildman–Crippen MR) is 229 cm³/mol. The van der Waals surface area contributed by atoms with Crippen molar-refractivity contribution in [2.24, 2.45) is 0 Å². The SMILES string of the molecule is CCCCCC=CCC=CCCCCCCCC(=O)Oc1cc(COC(=O)CCN(C)C)cc(OC(=O)CCCCCCCC=CCC=CCCCCC)c1. The molecule has 0 aliphatic carbocycles. The highest BCUT2D eigenvalue weighted by atomic mass is 16.5. The van der Waals surface area contributed by atoms with Crippen molar-refractivity contribution in [2.75, 3.05) is 20.6 Å². The molecule has 0 aliphatic heterocycles. The van der Waals surface area contributed by atoms with Gasteiger partial charge in [0.1, 0.15) is 18.1 Å². The normalized spacial score (nSPS) is 11.9. The van der Waals surface area contributed by atoms with Crippen LogP contribution in [0.3, 0.4) is 0 Å². The number of allylic oxidation sites excluding steroid dienone is 8. The van der Waals surface area contributed by atoms with Gasteiger partial charge in [-0.25, -0.2) is 0 Å². The van der Waals surface area contributed by atoms with Crippen LogP contribution < -0.4 is 9.47 Å². The molecule has 7 nitrogen and oxygen atoms in total. The van der Waals surface area contributed by atoms with Crippen molar-refractivity contribution in [1.82, 2.24) is 4.90 Å². The second kappa shape index (κ2) is 36.2. The van der Waals surface area contributed by atoms with Gasteiger partial charge in [0.2, 0.25) is 0 Å². The van der Waals surface area contributed by atoms with Crippen LogP contribution in [0.5, 0.6) is 11.5 Å². The van der Waals surface area contributed by atoms with Crippen LogP contribution in [0, 0.1) is 0 Å². The molecule has 0 aromatic heterocycles. The van der Waals surface area contributed by atoms with Crippen molar-refractivity contribution in [3.63, 3.8) is 0 Å². The van der Waals surface area contributed by atoms with Crippen molar-refractivity contribution in [3.8, 4) is 11.5 Å². The third-order valence-electron chi connectivity index (χ3n) is 9.23. The maximum atomic E-state index is 12.7. The first kappa shape index (κ1) is 49.6. The van der Waals surface area contributed by atoms with E-state index in [-0.39, 0.29) is 42.4 Å². The fourth-order valence-electron chi connectivity index (χ4n) is 5.91. The highest BCUT2D eigenvalue weighted by Gasteiger charge is 2.13. The molecule has 0 N–H and O–H groups in total. The van der Waals surface area contributed by atoms with Gasteiger partial charge in [-0.15, -0.1) is 0 Å². The highest BCUT2D eigenvalue weighted by molar-refractivity contribution is 5.74. The number of esters is 3. The number of carbonyl (C=O) groups is 3. The average molecular weight is 764 g/mol. The van der Waals surface area contributed by atoms with E-state index in [4.69, 9.17) is 14.2 Å². The van der Waals surface area contributed by atoms with Crippen LogP contribution in [0.25, 0.3) is 0 Å². The Kier molecular flexibility index (Phi) is 32.6. The monoisotopic (exact) mass is 764 g/mol. The number of rotatable bonds is 35. The van der Waals surface area contributed by atoms with Crippen LogP contribution in [0.4, 0.5) is 0 Å². The van der Waals surface area contributed by atoms with Crippen LogP contribution >= 0.6 is 0 Å². The highest BCUT2D eigenvalue weighted by Crippen LogP contribution is 2.25. The van der Waals surface area contributed by atoms with Crippen LogP contribution in [0.1, 0.15) is 180 Å². The lowest BCUT2D eigenvalue weighted by atomic mass is 10.1. The molecule has 0 amide bonds. The van der Waals surface area contributed by atoms with E-state index < -0.39 is 0 Å². The summed E-state index contributed by atoms with van der Waals surface area (Å²) >= 11 is 0. The molecule has 0 fully saturated rings. The molecule has 0 radical (unpaired) electrons. The van der Waals surface area contributed by atoms with Gasteiger partial charge in [-0.05, 0) is 109 Å². The van der Waals surface area contributed by atoms with E-state index in [9.17, 15) is 14.4 Å². The van der Waals surface area contributed by atoms with Crippen molar-refractivity contribution >= 4 is 17.9 Å². The minimum atomic E-state index is -0.326. The van der Waals surface area contributed by atoms with Gasteiger partial charge in [0.15, 0.2) is 0 Å². The van der Waals surface area contributed by atoms with E-state index in [1.165, 1.54) is 51.4 Å². The lowest BCUT2D eigenvalue weighted by Crippen LogP contribution is -2.18. The summed E-state index contributed by atoms with van der Waals surface area (Å²) in [6.07, 6.45) is 43.6. The first-order chi connectivity index (χ1) is 26.8. The Morgan fingerprint density at radius 3 is 1.31 bits per heavy atom. The number of nitrogens with zero attached hydrogens (tertiary/aromatic N) is 1. The molecular weight excluding hydrogens is 687 g/mol. The number of hydrogen-bond donors (Lipinski definition) is 0. The van der Waals surface area contributed by atoms with E-state index in [0.717, 1.165) is 89.9 Å². The summed E-state index contributed by atoms with van der Waals surface area (Å²) in [6, 6.07) is 4.91. The maximum absolute atomic E-state index is 12.7. The Morgan fingerprint density at radius 1 is 0.491 bits per heavy atom. The topological polar surface area (TPSA) is 82.1 Å². The molecule has 310 valence electrons. The molecule has 0 spiro atoms. The molecule has 1 rings (SSSR count). The molecule has 0 heterocycles. The van der Waals surface area contributed by atoms with E-state index in [2.05, 4.69) is 62.5 Å². The van der Waals surface area contributed by atoms with Gasteiger partial charge in [0.05, 0.1) is 6.42 Å². The molecule has 0 saturated carbocycles. The van der Waals surface area contributed by atoms with Crippen molar-refractivity contribution < 1.29 is 28.6 Å². The van der Waals surface area contributed by atoms with Gasteiger partial charge in [-0.1, -0.05) is 127 Å². The number of hydrogen-bond acceptors (Lipinski definition) is 7. The lowest BCUT2D eigenvalue weighted by Gasteiger charge is -2.12. The fourth-order valence-corrected chi connectivity index (χ4v) is 5.91. The third kappa shape index (κ3) is 32.5. The Labute approximate surface area is 336 Å². The van der Waals surface area contributed by atoms with Crippen molar-refractivity contribution in [3.05, 3.63) is 72.4 Å². The molecule has 0 bridgehead atoms. The van der Waals surface area contributed by atoms with Crippen LogP contribution in [-0.4, -0.2) is 43.4 Å². The molecule has 0 saturated heterocycles. The van der Waals surface area contributed by atoms with Crippen LogP contribution in [-0.2, 0) is 25.7 Å². The number of benzene rings is 1. The van der Waals surface area contributed by atoms with Crippen LogP contribution in [0.2, 0.25) is 0 Å². The van der Waals surface area contributed by atoms with E-state index in [0.29, 0.717) is 24.9 Å². The minimum Gasteiger partial charge on any atom is -0.461 e. The summed E-state index contributed by atoms with van der Waals surface area (Å²) in [4.78, 5) is 39.6. The average Bonchev–Trinajstić information content (AvgIpc) is 3.16. The Bertz CT molecular complexity index is 1170. The second-order valence-electron chi connectivity index (χ2n) is 14.9. The van der Waals surface area contributed by atoms with Crippen molar-refractivity contribution in [2.45, 2.75) is 181 Å². The maximum Gasteiger partial charge on any atom is 0.311 e. The van der Waals surface area contributed by atoms with Gasteiger partial charge in [-0.3, -0.25) is 14.4 Å². The van der Waals surface area contributed by atoms with Gasteiger partial charge in [0, 0.05) is 25.5 Å². The minimum absolute atomic E-state index is 0.00191. The zero-order chi connectivity index (χ0) is 40.0. The molecule has 7 heteroatoms. The summed E-state index contributed by atoms with van der Waals surface area (Å²) in [5.41, 5.74) is 0.598. The van der Waals surface area contributed by atoms with E-state index in [1.54, 1.807) is 18.2 Å². The largest absolute Gasteiger partial charge is 0.461 e. The summed E-state index contributed by atoms with van der Waals surface area (Å²) in [6.45, 7) is 5.05. The molecule has 1 aromatic carbocycles. The van der Waals surface area contributed by atoms with Crippen LogP contribution in [0.15, 0.2) is 66.8 Å². The second-order valence-corrected chi connectivity index (χ2v) is 14.9. The molecule has 0 atom stereocenters. The van der Waals surface area contributed by atoms with E-state index >= 15 is 0 Å². The van der Waals surface area contributed by atoms with Gasteiger partial charge in [-0.2, -0.15) is 0 Å². The Balaban J connectivity index is 2.44. The Hall–Kier alpha value is -3.45. The number of ether oxygens (including phenoxy) is 3. The summed E-state index contributed by atoms with van der Waals surface area (Å²) in [5, 5.41) is 0. The first-order valence-electron chi connectivity index (χ1n) is 21.8. The smallest absolute Gasteiger partial charge is 0.311 e. The molecule has 0 unspecified atom stereocenters. The summed E-state index contributed by atoms with van der Waals surface area (Å²) in [7, 11) is 3.80. The summed E-state index contributed by atoms with van der Waals surface area (Å²) in [5.74, 6) is -0.401. The fraction of sp³-hybridized carbons (Fsp3) is 0.646. The molecular formula is C48H77NO6. The molecule has 55 heavy (non-hydrogen) atoms. The van der Waals surface area contributed by atoms with Gasteiger partial charge in [0.25, 0.3) is 0 Å². The number of carbonyl (C=O) groups excluding carboxylic acids is 3. The Morgan fingerprint density at radius 2 is 0.891 bits per heavy atom. The predicted octanol–water partition coefficient (Wildman–Crippen LogP) is 13.1. The zero-order valence-corrected chi connectivity index (χ0v) is 35.3. The van der Waals surface area contributed by atoms with E-state index in [1.807, 2.05) is 19.0 Å². The number of unbranched alkanes of at least 4 members (excludes halogenated alkanes) is 16.